The molecule has 0 fully saturated rings. The van der Waals surface area contributed by atoms with E-state index in [2.05, 4.69) is 0 Å². The molecule has 0 N–H and O–H groups in total. The standard InChI is InChI=1S/C10H19NO2/c1-5-9(6-7-12)10(13)11(4)8(2)3/h7-9H,5-6H2,1-4H3. The molecule has 0 radical (unpaired) electrons. The predicted molar refractivity (Wildman–Crippen MR) is 52.4 cm³/mol. The second kappa shape index (κ2) is 5.73. The second-order valence-corrected chi connectivity index (χ2v) is 3.55. The predicted octanol–water partition coefficient (Wildman–Crippen LogP) is 1.47. The summed E-state index contributed by atoms with van der Waals surface area (Å²) in [5.74, 6) is -0.0606. The van der Waals surface area contributed by atoms with Crippen LogP contribution in [0, 0.1) is 5.92 Å². The Labute approximate surface area is 80.1 Å². The maximum atomic E-state index is 11.7. The van der Waals surface area contributed by atoms with Crippen LogP contribution in [0.5, 0.6) is 0 Å². The summed E-state index contributed by atoms with van der Waals surface area (Å²) in [5.41, 5.74) is 0. The minimum Gasteiger partial charge on any atom is -0.343 e. The van der Waals surface area contributed by atoms with Crippen molar-refractivity contribution in [3.05, 3.63) is 0 Å². The van der Waals surface area contributed by atoms with Crippen LogP contribution in [0.2, 0.25) is 0 Å². The van der Waals surface area contributed by atoms with E-state index in [0.717, 1.165) is 12.7 Å². The summed E-state index contributed by atoms with van der Waals surface area (Å²) in [6.07, 6.45) is 1.89. The van der Waals surface area contributed by atoms with E-state index < -0.39 is 0 Å². The summed E-state index contributed by atoms with van der Waals surface area (Å²) in [4.78, 5) is 23.7. The maximum Gasteiger partial charge on any atom is 0.226 e. The first kappa shape index (κ1) is 12.1. The molecule has 1 unspecified atom stereocenters. The number of hydrogen-bond acceptors (Lipinski definition) is 2. The number of amides is 1. The molecule has 0 heterocycles. The van der Waals surface area contributed by atoms with Crippen molar-refractivity contribution in [3.8, 4) is 0 Å². The molecular formula is C10H19NO2. The van der Waals surface area contributed by atoms with Gasteiger partial charge >= 0.3 is 0 Å². The van der Waals surface area contributed by atoms with Crippen molar-refractivity contribution in [2.45, 2.75) is 39.7 Å². The molecule has 3 heteroatoms. The number of hydrogen-bond donors (Lipinski definition) is 0. The second-order valence-electron chi connectivity index (χ2n) is 3.55. The summed E-state index contributed by atoms with van der Waals surface area (Å²) in [6.45, 7) is 5.86. The molecule has 0 saturated heterocycles. The highest BCUT2D eigenvalue weighted by molar-refractivity contribution is 5.81. The topological polar surface area (TPSA) is 37.4 Å². The molecule has 0 bridgehead atoms. The van der Waals surface area contributed by atoms with Gasteiger partial charge in [-0.15, -0.1) is 0 Å². The van der Waals surface area contributed by atoms with Gasteiger partial charge < -0.3 is 9.69 Å². The highest BCUT2D eigenvalue weighted by Gasteiger charge is 2.21. The smallest absolute Gasteiger partial charge is 0.226 e. The van der Waals surface area contributed by atoms with E-state index in [1.54, 1.807) is 11.9 Å². The lowest BCUT2D eigenvalue weighted by molar-refractivity contribution is -0.137. The number of rotatable bonds is 5. The molecular weight excluding hydrogens is 166 g/mol. The molecule has 1 amide bonds. The van der Waals surface area contributed by atoms with E-state index in [0.29, 0.717) is 6.42 Å². The molecule has 0 aliphatic heterocycles. The van der Waals surface area contributed by atoms with Crippen LogP contribution in [0.25, 0.3) is 0 Å². The van der Waals surface area contributed by atoms with Crippen molar-refractivity contribution in [3.63, 3.8) is 0 Å². The Hall–Kier alpha value is -0.860. The summed E-state index contributed by atoms with van der Waals surface area (Å²) in [7, 11) is 1.78. The third-order valence-corrected chi connectivity index (χ3v) is 2.35. The van der Waals surface area contributed by atoms with Gasteiger partial charge in [-0.25, -0.2) is 0 Å². The highest BCUT2D eigenvalue weighted by Crippen LogP contribution is 2.11. The molecule has 3 nitrogen and oxygen atoms in total. The number of carbonyl (C=O) groups is 2. The molecule has 0 aliphatic rings. The van der Waals surface area contributed by atoms with Gasteiger partial charge in [0.25, 0.3) is 0 Å². The molecule has 13 heavy (non-hydrogen) atoms. The van der Waals surface area contributed by atoms with E-state index in [9.17, 15) is 9.59 Å². The Bertz CT molecular complexity index is 178. The average molecular weight is 185 g/mol. The molecule has 0 aromatic rings. The Morgan fingerprint density at radius 2 is 2.00 bits per heavy atom. The monoisotopic (exact) mass is 185 g/mol. The Morgan fingerprint density at radius 3 is 2.31 bits per heavy atom. The van der Waals surface area contributed by atoms with Crippen LogP contribution in [-0.2, 0) is 9.59 Å². The zero-order valence-electron chi connectivity index (χ0n) is 8.91. The molecule has 76 valence electrons. The Balaban J connectivity index is 4.27. The molecule has 0 aliphatic carbocycles. The fraction of sp³-hybridized carbons (Fsp3) is 0.800. The van der Waals surface area contributed by atoms with Gasteiger partial charge in [-0.2, -0.15) is 0 Å². The van der Waals surface area contributed by atoms with Crippen molar-refractivity contribution in [2.24, 2.45) is 5.92 Å². The van der Waals surface area contributed by atoms with E-state index >= 15 is 0 Å². The zero-order valence-corrected chi connectivity index (χ0v) is 8.91. The first-order chi connectivity index (χ1) is 6.04. The third kappa shape index (κ3) is 3.57. The van der Waals surface area contributed by atoms with Crippen LogP contribution in [0.15, 0.2) is 0 Å². The van der Waals surface area contributed by atoms with Crippen LogP contribution in [0.4, 0.5) is 0 Å². The molecule has 0 aromatic carbocycles. The lowest BCUT2D eigenvalue weighted by Gasteiger charge is -2.25. The van der Waals surface area contributed by atoms with Gasteiger partial charge in [0, 0.05) is 25.4 Å². The van der Waals surface area contributed by atoms with Crippen molar-refractivity contribution in [1.29, 1.82) is 0 Å². The summed E-state index contributed by atoms with van der Waals surface area (Å²) >= 11 is 0. The van der Waals surface area contributed by atoms with Crippen LogP contribution < -0.4 is 0 Å². The summed E-state index contributed by atoms with van der Waals surface area (Å²) in [6, 6.07) is 0.202. The van der Waals surface area contributed by atoms with Crippen molar-refractivity contribution in [1.82, 2.24) is 4.90 Å². The van der Waals surface area contributed by atoms with Gasteiger partial charge in [0.15, 0.2) is 0 Å². The van der Waals surface area contributed by atoms with Gasteiger partial charge in [-0.05, 0) is 20.3 Å². The van der Waals surface area contributed by atoms with Crippen LogP contribution in [0.1, 0.15) is 33.6 Å². The van der Waals surface area contributed by atoms with Crippen molar-refractivity contribution in [2.75, 3.05) is 7.05 Å². The van der Waals surface area contributed by atoms with Crippen molar-refractivity contribution >= 4 is 12.2 Å². The SMILES string of the molecule is CCC(CC=O)C(=O)N(C)C(C)C. The molecule has 0 saturated carbocycles. The largest absolute Gasteiger partial charge is 0.343 e. The minimum atomic E-state index is -0.134. The highest BCUT2D eigenvalue weighted by atomic mass is 16.2. The Morgan fingerprint density at radius 1 is 1.46 bits per heavy atom. The van der Waals surface area contributed by atoms with E-state index in [1.807, 2.05) is 20.8 Å². The quantitative estimate of drug-likeness (QED) is 0.608. The molecule has 1 atom stereocenters. The van der Waals surface area contributed by atoms with E-state index in [1.165, 1.54) is 0 Å². The lowest BCUT2D eigenvalue weighted by Crippen LogP contribution is -2.37. The average Bonchev–Trinajstić information content (AvgIpc) is 2.11. The molecule has 0 rings (SSSR count). The molecule has 0 spiro atoms. The van der Waals surface area contributed by atoms with Gasteiger partial charge in [0.1, 0.15) is 6.29 Å². The van der Waals surface area contributed by atoms with Gasteiger partial charge in [0.2, 0.25) is 5.91 Å². The normalized spacial score (nSPS) is 12.7. The first-order valence-electron chi connectivity index (χ1n) is 4.74. The number of carbonyl (C=O) groups excluding carboxylic acids is 2. The zero-order chi connectivity index (χ0) is 10.4. The van der Waals surface area contributed by atoms with Gasteiger partial charge in [-0.1, -0.05) is 6.92 Å². The summed E-state index contributed by atoms with van der Waals surface area (Å²) in [5, 5.41) is 0. The van der Waals surface area contributed by atoms with E-state index in [4.69, 9.17) is 0 Å². The number of aldehydes is 1. The molecule has 0 aromatic heterocycles. The van der Waals surface area contributed by atoms with Crippen LogP contribution in [0.3, 0.4) is 0 Å². The van der Waals surface area contributed by atoms with Gasteiger partial charge in [-0.3, -0.25) is 4.79 Å². The fourth-order valence-corrected chi connectivity index (χ4v) is 1.10. The van der Waals surface area contributed by atoms with E-state index in [-0.39, 0.29) is 17.9 Å². The Kier molecular flexibility index (Phi) is 5.35. The summed E-state index contributed by atoms with van der Waals surface area (Å²) < 4.78 is 0. The van der Waals surface area contributed by atoms with Crippen LogP contribution >= 0.6 is 0 Å². The first-order valence-corrected chi connectivity index (χ1v) is 4.74. The minimum absolute atomic E-state index is 0.0737. The number of nitrogens with zero attached hydrogens (tertiary/aromatic N) is 1. The van der Waals surface area contributed by atoms with Gasteiger partial charge in [0.05, 0.1) is 0 Å². The lowest BCUT2D eigenvalue weighted by atomic mass is 10.0. The van der Waals surface area contributed by atoms with Crippen LogP contribution in [-0.4, -0.2) is 30.2 Å². The van der Waals surface area contributed by atoms with Crippen molar-refractivity contribution < 1.29 is 9.59 Å². The maximum absolute atomic E-state index is 11.7. The fourth-order valence-electron chi connectivity index (χ4n) is 1.10. The third-order valence-electron chi connectivity index (χ3n) is 2.35.